The van der Waals surface area contributed by atoms with E-state index in [4.69, 9.17) is 4.42 Å². The number of anilines is 1. The van der Waals surface area contributed by atoms with Crippen molar-refractivity contribution >= 4 is 16.9 Å². The SMILES string of the molecule is Cc1ccc(-c2cc(NC[C@@H](C)c3ccnc4cc(C)oc34)ncn2)cn1. The average molecular weight is 359 g/mol. The van der Waals surface area contributed by atoms with E-state index in [9.17, 15) is 0 Å². The van der Waals surface area contributed by atoms with Crippen molar-refractivity contribution in [3.63, 3.8) is 0 Å². The smallest absolute Gasteiger partial charge is 0.156 e. The lowest BCUT2D eigenvalue weighted by atomic mass is 10.0. The largest absolute Gasteiger partial charge is 0.459 e. The predicted octanol–water partition coefficient (Wildman–Crippen LogP) is 4.51. The summed E-state index contributed by atoms with van der Waals surface area (Å²) in [5, 5.41) is 3.40. The molecule has 6 heteroatoms. The minimum Gasteiger partial charge on any atom is -0.459 e. The molecule has 0 saturated carbocycles. The van der Waals surface area contributed by atoms with Gasteiger partial charge in [0.1, 0.15) is 23.4 Å². The lowest BCUT2D eigenvalue weighted by Crippen LogP contribution is -2.11. The van der Waals surface area contributed by atoms with Gasteiger partial charge in [-0.25, -0.2) is 9.97 Å². The Morgan fingerprint density at radius 3 is 2.74 bits per heavy atom. The van der Waals surface area contributed by atoms with Gasteiger partial charge in [-0.3, -0.25) is 9.97 Å². The Kier molecular flexibility index (Phi) is 4.54. The second-order valence-electron chi connectivity index (χ2n) is 6.73. The van der Waals surface area contributed by atoms with Crippen LogP contribution in [0, 0.1) is 13.8 Å². The quantitative estimate of drug-likeness (QED) is 0.565. The number of hydrogen-bond donors (Lipinski definition) is 1. The molecule has 0 unspecified atom stereocenters. The van der Waals surface area contributed by atoms with Gasteiger partial charge in [-0.2, -0.15) is 0 Å². The summed E-state index contributed by atoms with van der Waals surface area (Å²) in [6.45, 7) is 6.79. The molecule has 0 radical (unpaired) electrons. The van der Waals surface area contributed by atoms with Crippen molar-refractivity contribution in [2.45, 2.75) is 26.7 Å². The number of rotatable bonds is 5. The monoisotopic (exact) mass is 359 g/mol. The summed E-state index contributed by atoms with van der Waals surface area (Å²) in [7, 11) is 0. The van der Waals surface area contributed by atoms with Crippen molar-refractivity contribution in [1.82, 2.24) is 19.9 Å². The zero-order valence-electron chi connectivity index (χ0n) is 15.6. The molecule has 0 aliphatic rings. The molecule has 4 rings (SSSR count). The fourth-order valence-electron chi connectivity index (χ4n) is 3.06. The van der Waals surface area contributed by atoms with Gasteiger partial charge >= 0.3 is 0 Å². The molecule has 136 valence electrons. The zero-order valence-corrected chi connectivity index (χ0v) is 15.6. The maximum atomic E-state index is 5.84. The molecule has 4 aromatic heterocycles. The van der Waals surface area contributed by atoms with Crippen LogP contribution in [0.3, 0.4) is 0 Å². The second-order valence-corrected chi connectivity index (χ2v) is 6.73. The second kappa shape index (κ2) is 7.15. The molecule has 27 heavy (non-hydrogen) atoms. The van der Waals surface area contributed by atoms with E-state index in [1.165, 1.54) is 0 Å². The molecule has 1 atom stereocenters. The van der Waals surface area contributed by atoms with E-state index in [2.05, 4.69) is 32.2 Å². The van der Waals surface area contributed by atoms with Crippen LogP contribution in [0.15, 0.2) is 53.5 Å². The normalized spacial score (nSPS) is 12.3. The molecule has 0 aliphatic carbocycles. The molecule has 0 amide bonds. The van der Waals surface area contributed by atoms with E-state index >= 15 is 0 Å². The number of nitrogens with one attached hydrogen (secondary N) is 1. The molecule has 6 nitrogen and oxygen atoms in total. The molecule has 1 N–H and O–H groups in total. The number of pyridine rings is 2. The summed E-state index contributed by atoms with van der Waals surface area (Å²) in [5.74, 6) is 1.89. The molecule has 0 aromatic carbocycles. The van der Waals surface area contributed by atoms with E-state index < -0.39 is 0 Å². The van der Waals surface area contributed by atoms with Crippen molar-refractivity contribution in [3.05, 3.63) is 66.1 Å². The van der Waals surface area contributed by atoms with Crippen LogP contribution >= 0.6 is 0 Å². The van der Waals surface area contributed by atoms with E-state index in [1.54, 1.807) is 6.33 Å². The lowest BCUT2D eigenvalue weighted by Gasteiger charge is -2.14. The summed E-state index contributed by atoms with van der Waals surface area (Å²) in [6, 6.07) is 9.92. The van der Waals surface area contributed by atoms with Crippen LogP contribution < -0.4 is 5.32 Å². The fourth-order valence-corrected chi connectivity index (χ4v) is 3.06. The molecule has 4 aromatic rings. The Balaban J connectivity index is 1.51. The molecule has 0 aliphatic heterocycles. The number of furan rings is 1. The van der Waals surface area contributed by atoms with Gasteiger partial charge in [-0.05, 0) is 32.0 Å². The van der Waals surface area contributed by atoms with Crippen LogP contribution in [-0.4, -0.2) is 26.5 Å². The number of nitrogens with zero attached hydrogens (tertiary/aromatic N) is 4. The molecular weight excluding hydrogens is 338 g/mol. The molecule has 4 heterocycles. The Morgan fingerprint density at radius 1 is 1.04 bits per heavy atom. The van der Waals surface area contributed by atoms with Crippen molar-refractivity contribution in [2.75, 3.05) is 11.9 Å². The number of fused-ring (bicyclic) bond motifs is 1. The maximum Gasteiger partial charge on any atom is 0.156 e. The van der Waals surface area contributed by atoms with Gasteiger partial charge in [0.05, 0.1) is 5.69 Å². The first-order valence-electron chi connectivity index (χ1n) is 8.94. The van der Waals surface area contributed by atoms with Gasteiger partial charge in [-0.15, -0.1) is 0 Å². The summed E-state index contributed by atoms with van der Waals surface area (Å²) < 4.78 is 5.84. The van der Waals surface area contributed by atoms with Gasteiger partial charge in [0.25, 0.3) is 0 Å². The third-order valence-electron chi connectivity index (χ3n) is 4.56. The van der Waals surface area contributed by atoms with Gasteiger partial charge in [0.15, 0.2) is 5.58 Å². The highest BCUT2D eigenvalue weighted by atomic mass is 16.3. The zero-order chi connectivity index (χ0) is 18.8. The van der Waals surface area contributed by atoms with Crippen molar-refractivity contribution in [2.24, 2.45) is 0 Å². The number of aromatic nitrogens is 4. The molecule has 0 bridgehead atoms. The van der Waals surface area contributed by atoms with E-state index in [-0.39, 0.29) is 5.92 Å². The summed E-state index contributed by atoms with van der Waals surface area (Å²) in [5.41, 5.74) is 5.70. The highest BCUT2D eigenvalue weighted by Gasteiger charge is 2.14. The maximum absolute atomic E-state index is 5.84. The lowest BCUT2D eigenvalue weighted by molar-refractivity contribution is 0.570. The van der Waals surface area contributed by atoms with E-state index in [0.717, 1.165) is 51.7 Å². The third-order valence-corrected chi connectivity index (χ3v) is 4.56. The molecular formula is C21H21N5O. The van der Waals surface area contributed by atoms with Crippen LogP contribution in [0.1, 0.15) is 29.9 Å². The standard InChI is InChI=1S/C21H21N5O/c1-13(17-6-7-22-19-8-15(3)27-21(17)19)10-24-20-9-18(25-12-26-20)16-5-4-14(2)23-11-16/h4-9,11-13H,10H2,1-3H3,(H,24,25,26)/t13-/m1/s1. The van der Waals surface area contributed by atoms with Gasteiger partial charge in [-0.1, -0.05) is 6.92 Å². The first-order chi connectivity index (χ1) is 13.1. The molecule has 0 fully saturated rings. The summed E-state index contributed by atoms with van der Waals surface area (Å²) in [6.07, 6.45) is 5.23. The number of hydrogen-bond acceptors (Lipinski definition) is 6. The Labute approximate surface area is 157 Å². The first kappa shape index (κ1) is 17.1. The van der Waals surface area contributed by atoms with Crippen LogP contribution in [0.5, 0.6) is 0 Å². The first-order valence-corrected chi connectivity index (χ1v) is 8.94. The number of aryl methyl sites for hydroxylation is 2. The van der Waals surface area contributed by atoms with Crippen LogP contribution in [0.25, 0.3) is 22.4 Å². The molecule has 0 saturated heterocycles. The summed E-state index contributed by atoms with van der Waals surface area (Å²) >= 11 is 0. The molecule has 0 spiro atoms. The van der Waals surface area contributed by atoms with Gasteiger partial charge in [0.2, 0.25) is 0 Å². The van der Waals surface area contributed by atoms with E-state index in [0.29, 0.717) is 0 Å². The van der Waals surface area contributed by atoms with Crippen molar-refractivity contribution in [3.8, 4) is 11.3 Å². The van der Waals surface area contributed by atoms with Crippen molar-refractivity contribution in [1.29, 1.82) is 0 Å². The topological polar surface area (TPSA) is 76.7 Å². The Morgan fingerprint density at radius 2 is 1.93 bits per heavy atom. The van der Waals surface area contributed by atoms with Gasteiger partial charge in [0, 0.05) is 53.8 Å². The van der Waals surface area contributed by atoms with Crippen LogP contribution in [0.2, 0.25) is 0 Å². The van der Waals surface area contributed by atoms with Crippen LogP contribution in [0.4, 0.5) is 5.82 Å². The van der Waals surface area contributed by atoms with Crippen molar-refractivity contribution < 1.29 is 4.42 Å². The Bertz CT molecular complexity index is 1070. The van der Waals surface area contributed by atoms with E-state index in [1.807, 2.05) is 56.6 Å². The minimum absolute atomic E-state index is 0.237. The predicted molar refractivity (Wildman–Crippen MR) is 106 cm³/mol. The highest BCUT2D eigenvalue weighted by Crippen LogP contribution is 2.27. The highest BCUT2D eigenvalue weighted by molar-refractivity contribution is 5.77. The van der Waals surface area contributed by atoms with Crippen LogP contribution in [-0.2, 0) is 0 Å². The third kappa shape index (κ3) is 3.65. The fraction of sp³-hybridized carbons (Fsp3) is 0.238. The Hall–Kier alpha value is -3.28. The minimum atomic E-state index is 0.237. The summed E-state index contributed by atoms with van der Waals surface area (Å²) in [4.78, 5) is 17.4. The van der Waals surface area contributed by atoms with Gasteiger partial charge < -0.3 is 9.73 Å². The average Bonchev–Trinajstić information content (AvgIpc) is 3.07.